The van der Waals surface area contributed by atoms with E-state index in [0.29, 0.717) is 6.07 Å². The normalized spacial score (nSPS) is 12.2. The summed E-state index contributed by atoms with van der Waals surface area (Å²) >= 11 is 5.36. The summed E-state index contributed by atoms with van der Waals surface area (Å²) < 4.78 is 81.9. The third-order valence-corrected chi connectivity index (χ3v) is 2.39. The number of ether oxygens (including phenoxy) is 2. The number of alkyl halides is 7. The molecule has 0 aliphatic heterocycles. The molecule has 0 spiro atoms. The fourth-order valence-corrected chi connectivity index (χ4v) is 1.54. The smallest absolute Gasteiger partial charge is 0.465 e. The van der Waals surface area contributed by atoms with Gasteiger partial charge in [-0.25, -0.2) is 9.78 Å². The van der Waals surface area contributed by atoms with Crippen LogP contribution < -0.4 is 4.74 Å². The largest absolute Gasteiger partial charge is 0.574 e. The monoisotopic (exact) mass is 337 g/mol. The number of carbonyl (C=O) groups excluding carboxylic acids is 1. The summed E-state index contributed by atoms with van der Waals surface area (Å²) in [5.74, 6) is -3.60. The van der Waals surface area contributed by atoms with Crippen molar-refractivity contribution in [1.29, 1.82) is 0 Å². The lowest BCUT2D eigenvalue weighted by molar-refractivity contribution is -0.276. The van der Waals surface area contributed by atoms with E-state index in [-0.39, 0.29) is 0 Å². The molecule has 11 heteroatoms. The molecular formula is C10H6ClF6NO3. The highest BCUT2D eigenvalue weighted by Gasteiger charge is 2.39. The van der Waals surface area contributed by atoms with Crippen LogP contribution in [0.5, 0.6) is 5.88 Å². The highest BCUT2D eigenvalue weighted by Crippen LogP contribution is 2.35. The van der Waals surface area contributed by atoms with Crippen molar-refractivity contribution in [2.45, 2.75) is 18.4 Å². The van der Waals surface area contributed by atoms with Gasteiger partial charge in [-0.1, -0.05) is 0 Å². The van der Waals surface area contributed by atoms with Gasteiger partial charge in [-0.3, -0.25) is 0 Å². The highest BCUT2D eigenvalue weighted by atomic mass is 35.5. The second kappa shape index (κ2) is 5.96. The van der Waals surface area contributed by atoms with Crippen molar-refractivity contribution < 1.29 is 40.6 Å². The second-order valence-corrected chi connectivity index (χ2v) is 3.78. The average Bonchev–Trinajstić information content (AvgIpc) is 2.33. The van der Waals surface area contributed by atoms with Crippen LogP contribution in [0.25, 0.3) is 0 Å². The number of hydrogen-bond donors (Lipinski definition) is 0. The van der Waals surface area contributed by atoms with Crippen LogP contribution in [0.4, 0.5) is 26.3 Å². The first-order chi connectivity index (χ1) is 9.49. The molecule has 0 saturated heterocycles. The van der Waals surface area contributed by atoms with Crippen molar-refractivity contribution >= 4 is 17.6 Å². The van der Waals surface area contributed by atoms with Gasteiger partial charge in [0.1, 0.15) is 11.3 Å². The van der Waals surface area contributed by atoms with Crippen molar-refractivity contribution in [2.75, 3.05) is 7.11 Å². The van der Waals surface area contributed by atoms with Gasteiger partial charge in [0.2, 0.25) is 5.88 Å². The molecule has 1 aromatic heterocycles. The first-order valence-corrected chi connectivity index (χ1v) is 5.54. The van der Waals surface area contributed by atoms with Crippen molar-refractivity contribution in [3.8, 4) is 5.88 Å². The first kappa shape index (κ1) is 17.3. The SMILES string of the molecule is COC(=O)c1c(CCl)cc(C(F)(F)F)nc1OC(F)(F)F. The minimum Gasteiger partial charge on any atom is -0.465 e. The zero-order chi connectivity index (χ0) is 16.4. The molecule has 4 nitrogen and oxygen atoms in total. The van der Waals surface area contributed by atoms with E-state index < -0.39 is 47.1 Å². The Morgan fingerprint density at radius 1 is 1.29 bits per heavy atom. The standard InChI is InChI=1S/C10H6ClF6NO3/c1-20-8(19)6-4(3-11)2-5(9(12,13)14)18-7(6)21-10(15,16)17/h2H,3H2,1H3. The molecule has 0 amide bonds. The van der Waals surface area contributed by atoms with Crippen LogP contribution in [0.2, 0.25) is 0 Å². The Kier molecular flexibility index (Phi) is 4.92. The maximum Gasteiger partial charge on any atom is 0.574 e. The van der Waals surface area contributed by atoms with E-state index >= 15 is 0 Å². The zero-order valence-corrected chi connectivity index (χ0v) is 10.9. The Morgan fingerprint density at radius 3 is 2.24 bits per heavy atom. The summed E-state index contributed by atoms with van der Waals surface area (Å²) in [6.07, 6.45) is -10.4. The lowest BCUT2D eigenvalue weighted by Crippen LogP contribution is -2.23. The molecule has 0 unspecified atom stereocenters. The number of pyridine rings is 1. The van der Waals surface area contributed by atoms with E-state index in [1.165, 1.54) is 0 Å². The van der Waals surface area contributed by atoms with Crippen molar-refractivity contribution in [3.05, 3.63) is 22.9 Å². The van der Waals surface area contributed by atoms with Crippen molar-refractivity contribution in [3.63, 3.8) is 0 Å². The summed E-state index contributed by atoms with van der Waals surface area (Å²) in [5.41, 5.74) is -3.15. The molecule has 118 valence electrons. The topological polar surface area (TPSA) is 48.4 Å². The quantitative estimate of drug-likeness (QED) is 0.481. The number of rotatable bonds is 3. The minimum absolute atomic E-state index is 0.350. The maximum absolute atomic E-state index is 12.6. The number of esters is 1. The first-order valence-electron chi connectivity index (χ1n) is 5.00. The third-order valence-electron chi connectivity index (χ3n) is 2.10. The highest BCUT2D eigenvalue weighted by molar-refractivity contribution is 6.17. The van der Waals surface area contributed by atoms with Gasteiger partial charge in [0.15, 0.2) is 0 Å². The molecule has 0 aliphatic carbocycles. The molecule has 0 aliphatic rings. The molecule has 21 heavy (non-hydrogen) atoms. The van der Waals surface area contributed by atoms with Gasteiger partial charge < -0.3 is 9.47 Å². The molecule has 0 aromatic carbocycles. The lowest BCUT2D eigenvalue weighted by atomic mass is 10.1. The number of halogens is 7. The van der Waals surface area contributed by atoms with Gasteiger partial charge in [0.05, 0.1) is 7.11 Å². The Morgan fingerprint density at radius 2 is 1.86 bits per heavy atom. The van der Waals surface area contributed by atoms with Crippen LogP contribution in [-0.4, -0.2) is 24.4 Å². The molecule has 1 aromatic rings. The minimum atomic E-state index is -5.34. The lowest BCUT2D eigenvalue weighted by Gasteiger charge is -2.16. The van der Waals surface area contributed by atoms with Crippen molar-refractivity contribution in [2.24, 2.45) is 0 Å². The van der Waals surface area contributed by atoms with Gasteiger partial charge in [-0.05, 0) is 11.6 Å². The van der Waals surface area contributed by atoms with Crippen LogP contribution in [0.15, 0.2) is 6.07 Å². The number of methoxy groups -OCH3 is 1. The zero-order valence-electron chi connectivity index (χ0n) is 10.1. The summed E-state index contributed by atoms with van der Waals surface area (Å²) in [4.78, 5) is 14.1. The predicted molar refractivity (Wildman–Crippen MR) is 56.8 cm³/mol. The molecule has 0 N–H and O–H groups in total. The summed E-state index contributed by atoms with van der Waals surface area (Å²) in [5, 5.41) is 0. The predicted octanol–water partition coefficient (Wildman–Crippen LogP) is 3.52. The average molecular weight is 338 g/mol. The van der Waals surface area contributed by atoms with Gasteiger partial charge in [-0.15, -0.1) is 24.8 Å². The van der Waals surface area contributed by atoms with E-state index in [1.54, 1.807) is 0 Å². The van der Waals surface area contributed by atoms with E-state index in [1.807, 2.05) is 0 Å². The van der Waals surface area contributed by atoms with Gasteiger partial charge in [0.25, 0.3) is 0 Å². The van der Waals surface area contributed by atoms with E-state index in [9.17, 15) is 31.1 Å². The number of hydrogen-bond acceptors (Lipinski definition) is 4. The van der Waals surface area contributed by atoms with Gasteiger partial charge in [0, 0.05) is 5.88 Å². The summed E-state index contributed by atoms with van der Waals surface area (Å²) in [7, 11) is 0.829. The fraction of sp³-hybridized carbons (Fsp3) is 0.400. The Hall–Kier alpha value is -1.71. The summed E-state index contributed by atoms with van der Waals surface area (Å²) in [6.45, 7) is 0. The summed E-state index contributed by atoms with van der Waals surface area (Å²) in [6, 6.07) is 0.350. The number of aromatic nitrogens is 1. The Labute approximate surface area is 118 Å². The maximum atomic E-state index is 12.6. The number of carbonyl (C=O) groups is 1. The molecule has 0 saturated carbocycles. The molecule has 0 atom stereocenters. The van der Waals surface area contributed by atoms with Crippen LogP contribution in [0, 0.1) is 0 Å². The van der Waals surface area contributed by atoms with Crippen LogP contribution in [-0.2, 0) is 16.8 Å². The van der Waals surface area contributed by atoms with E-state index in [2.05, 4.69) is 14.5 Å². The molecule has 0 fully saturated rings. The van der Waals surface area contributed by atoms with Crippen molar-refractivity contribution in [1.82, 2.24) is 4.98 Å². The molecular weight excluding hydrogens is 332 g/mol. The Bertz CT molecular complexity index is 543. The molecule has 1 rings (SSSR count). The van der Waals surface area contributed by atoms with E-state index in [4.69, 9.17) is 11.6 Å². The molecule has 0 bridgehead atoms. The molecule has 0 radical (unpaired) electrons. The fourth-order valence-electron chi connectivity index (χ4n) is 1.33. The van der Waals surface area contributed by atoms with E-state index in [0.717, 1.165) is 7.11 Å². The second-order valence-electron chi connectivity index (χ2n) is 3.52. The van der Waals surface area contributed by atoms with Crippen LogP contribution >= 0.6 is 11.6 Å². The van der Waals surface area contributed by atoms with Gasteiger partial charge in [-0.2, -0.15) is 13.2 Å². The number of nitrogens with zero attached hydrogens (tertiary/aromatic N) is 1. The van der Waals surface area contributed by atoms with Gasteiger partial charge >= 0.3 is 18.5 Å². The van der Waals surface area contributed by atoms with Crippen LogP contribution in [0.1, 0.15) is 21.6 Å². The third kappa shape index (κ3) is 4.38. The Balaban J connectivity index is 3.56. The molecule has 1 heterocycles. The van der Waals surface area contributed by atoms with Crippen LogP contribution in [0.3, 0.4) is 0 Å².